The van der Waals surface area contributed by atoms with Gasteiger partial charge >= 0.3 is 0 Å². The molecule has 3 aromatic rings. The highest BCUT2D eigenvalue weighted by molar-refractivity contribution is 5.59. The van der Waals surface area contributed by atoms with E-state index in [4.69, 9.17) is 0 Å². The molecule has 0 aliphatic heterocycles. The van der Waals surface area contributed by atoms with E-state index < -0.39 is 0 Å². The van der Waals surface area contributed by atoms with E-state index in [1.165, 1.54) is 12.1 Å². The Labute approximate surface area is 127 Å². The average Bonchev–Trinajstić information content (AvgIpc) is 2.94. The second kappa shape index (κ2) is 6.30. The molecule has 0 bridgehead atoms. The molecule has 3 rings (SSSR count). The smallest absolute Gasteiger partial charge is 0.141 e. The molecule has 22 heavy (non-hydrogen) atoms. The molecule has 0 saturated carbocycles. The lowest BCUT2D eigenvalue weighted by Crippen LogP contribution is -2.06. The van der Waals surface area contributed by atoms with Crippen LogP contribution in [0.25, 0.3) is 11.3 Å². The summed E-state index contributed by atoms with van der Waals surface area (Å²) in [5, 5.41) is 4.47. The number of benzene rings is 1. The van der Waals surface area contributed by atoms with Crippen LogP contribution in [0.5, 0.6) is 0 Å². The molecule has 0 fully saturated rings. The SMILES string of the molecule is O=CCn1nc(-c2ccncc2)cc1Cc1ccc(F)cc1. The minimum atomic E-state index is -0.261. The first kappa shape index (κ1) is 14.1. The van der Waals surface area contributed by atoms with E-state index in [1.807, 2.05) is 18.2 Å². The lowest BCUT2D eigenvalue weighted by atomic mass is 10.1. The largest absolute Gasteiger partial charge is 0.301 e. The molecule has 0 spiro atoms. The van der Waals surface area contributed by atoms with Crippen molar-refractivity contribution in [1.29, 1.82) is 0 Å². The second-order valence-electron chi connectivity index (χ2n) is 4.91. The van der Waals surface area contributed by atoms with E-state index in [1.54, 1.807) is 29.2 Å². The lowest BCUT2D eigenvalue weighted by Gasteiger charge is -2.04. The van der Waals surface area contributed by atoms with E-state index in [2.05, 4.69) is 10.1 Å². The van der Waals surface area contributed by atoms with Gasteiger partial charge in [0, 0.05) is 30.1 Å². The van der Waals surface area contributed by atoms with Gasteiger partial charge in [0.15, 0.2) is 0 Å². The van der Waals surface area contributed by atoms with Crippen molar-refractivity contribution in [3.63, 3.8) is 0 Å². The summed E-state index contributed by atoms with van der Waals surface area (Å²) in [6.45, 7) is 0.196. The number of aldehydes is 1. The monoisotopic (exact) mass is 295 g/mol. The van der Waals surface area contributed by atoms with Gasteiger partial charge in [0.1, 0.15) is 12.1 Å². The Balaban J connectivity index is 1.93. The molecule has 2 aromatic heterocycles. The van der Waals surface area contributed by atoms with Gasteiger partial charge in [-0.25, -0.2) is 4.39 Å². The molecule has 110 valence electrons. The fourth-order valence-electron chi connectivity index (χ4n) is 2.30. The molecular weight excluding hydrogens is 281 g/mol. The van der Waals surface area contributed by atoms with Gasteiger partial charge in [-0.3, -0.25) is 9.67 Å². The minimum absolute atomic E-state index is 0.196. The van der Waals surface area contributed by atoms with Crippen molar-refractivity contribution in [1.82, 2.24) is 14.8 Å². The van der Waals surface area contributed by atoms with Gasteiger partial charge in [-0.05, 0) is 35.9 Å². The lowest BCUT2D eigenvalue weighted by molar-refractivity contribution is -0.108. The van der Waals surface area contributed by atoms with Crippen molar-refractivity contribution in [2.24, 2.45) is 0 Å². The molecule has 1 aromatic carbocycles. The molecule has 2 heterocycles. The molecule has 0 aliphatic carbocycles. The summed E-state index contributed by atoms with van der Waals surface area (Å²) in [6, 6.07) is 12.0. The Morgan fingerprint density at radius 1 is 1.09 bits per heavy atom. The van der Waals surface area contributed by atoms with Crippen LogP contribution in [0.2, 0.25) is 0 Å². The zero-order valence-electron chi connectivity index (χ0n) is 11.8. The van der Waals surface area contributed by atoms with Crippen molar-refractivity contribution < 1.29 is 9.18 Å². The van der Waals surface area contributed by atoms with Crippen molar-refractivity contribution in [3.05, 3.63) is 71.9 Å². The Morgan fingerprint density at radius 2 is 1.82 bits per heavy atom. The topological polar surface area (TPSA) is 47.8 Å². The summed E-state index contributed by atoms with van der Waals surface area (Å²) in [7, 11) is 0. The summed E-state index contributed by atoms with van der Waals surface area (Å²) >= 11 is 0. The third-order valence-electron chi connectivity index (χ3n) is 3.39. The first-order valence-corrected chi connectivity index (χ1v) is 6.91. The number of hydrogen-bond donors (Lipinski definition) is 0. The quantitative estimate of drug-likeness (QED) is 0.680. The van der Waals surface area contributed by atoms with E-state index >= 15 is 0 Å². The predicted molar refractivity (Wildman–Crippen MR) is 80.7 cm³/mol. The molecule has 0 saturated heterocycles. The third-order valence-corrected chi connectivity index (χ3v) is 3.39. The Morgan fingerprint density at radius 3 is 2.50 bits per heavy atom. The van der Waals surface area contributed by atoms with Gasteiger partial charge in [0.2, 0.25) is 0 Å². The normalized spacial score (nSPS) is 10.6. The van der Waals surface area contributed by atoms with Gasteiger partial charge in [-0.15, -0.1) is 0 Å². The molecule has 0 atom stereocenters. The van der Waals surface area contributed by atoms with Gasteiger partial charge in [-0.1, -0.05) is 12.1 Å². The van der Waals surface area contributed by atoms with Crippen LogP contribution in [0, 0.1) is 5.82 Å². The molecule has 5 heteroatoms. The minimum Gasteiger partial charge on any atom is -0.301 e. The maximum absolute atomic E-state index is 13.0. The molecule has 0 N–H and O–H groups in total. The highest BCUT2D eigenvalue weighted by atomic mass is 19.1. The fourth-order valence-corrected chi connectivity index (χ4v) is 2.30. The van der Waals surface area contributed by atoms with Crippen molar-refractivity contribution >= 4 is 6.29 Å². The molecule has 0 unspecified atom stereocenters. The first-order chi connectivity index (χ1) is 10.8. The number of aromatic nitrogens is 3. The summed E-state index contributed by atoms with van der Waals surface area (Å²) in [5.74, 6) is -0.261. The average molecular weight is 295 g/mol. The van der Waals surface area contributed by atoms with Crippen LogP contribution in [-0.2, 0) is 17.8 Å². The van der Waals surface area contributed by atoms with Crippen LogP contribution in [0.1, 0.15) is 11.3 Å². The molecular formula is C17H14FN3O. The molecule has 0 aliphatic rings. The van der Waals surface area contributed by atoms with E-state index in [-0.39, 0.29) is 12.4 Å². The van der Waals surface area contributed by atoms with Gasteiger partial charge < -0.3 is 4.79 Å². The third kappa shape index (κ3) is 3.09. The number of carbonyl (C=O) groups excluding carboxylic acids is 1. The number of rotatable bonds is 5. The predicted octanol–water partition coefficient (Wildman–Crippen LogP) is 2.87. The van der Waals surface area contributed by atoms with Crippen molar-refractivity contribution in [2.75, 3.05) is 0 Å². The standard InChI is InChI=1S/C17H14FN3O/c18-15-3-1-13(2-4-15)11-16-12-17(20-21(16)9-10-22)14-5-7-19-8-6-14/h1-8,10,12H,9,11H2. The van der Waals surface area contributed by atoms with Gasteiger partial charge in [-0.2, -0.15) is 5.10 Å². The van der Waals surface area contributed by atoms with Crippen molar-refractivity contribution in [3.8, 4) is 11.3 Å². The molecule has 0 amide bonds. The van der Waals surface area contributed by atoms with Gasteiger partial charge in [0.25, 0.3) is 0 Å². The van der Waals surface area contributed by atoms with Crippen molar-refractivity contribution in [2.45, 2.75) is 13.0 Å². The van der Waals surface area contributed by atoms with Crippen LogP contribution in [-0.4, -0.2) is 21.1 Å². The van der Waals surface area contributed by atoms with Crippen LogP contribution in [0.15, 0.2) is 54.9 Å². The van der Waals surface area contributed by atoms with E-state index in [9.17, 15) is 9.18 Å². The number of hydrogen-bond acceptors (Lipinski definition) is 3. The summed E-state index contributed by atoms with van der Waals surface area (Å²) in [4.78, 5) is 14.8. The van der Waals surface area contributed by atoms with Crippen LogP contribution >= 0.6 is 0 Å². The summed E-state index contributed by atoms with van der Waals surface area (Å²) in [6.07, 6.45) is 4.81. The maximum Gasteiger partial charge on any atom is 0.141 e. The highest BCUT2D eigenvalue weighted by Gasteiger charge is 2.10. The zero-order valence-corrected chi connectivity index (χ0v) is 11.8. The Bertz CT molecular complexity index is 766. The Kier molecular flexibility index (Phi) is 4.05. The summed E-state index contributed by atoms with van der Waals surface area (Å²) in [5.41, 5.74) is 3.61. The highest BCUT2D eigenvalue weighted by Crippen LogP contribution is 2.20. The van der Waals surface area contributed by atoms with Gasteiger partial charge in [0.05, 0.1) is 12.2 Å². The fraction of sp³-hybridized carbons (Fsp3) is 0.118. The van der Waals surface area contributed by atoms with E-state index in [0.29, 0.717) is 6.42 Å². The Hall–Kier alpha value is -2.82. The zero-order chi connectivity index (χ0) is 15.4. The summed E-state index contributed by atoms with van der Waals surface area (Å²) < 4.78 is 14.7. The number of pyridine rings is 1. The number of halogens is 1. The second-order valence-corrected chi connectivity index (χ2v) is 4.91. The number of nitrogens with zero attached hydrogens (tertiary/aromatic N) is 3. The van der Waals surface area contributed by atoms with Crippen LogP contribution < -0.4 is 0 Å². The maximum atomic E-state index is 13.0. The van der Waals surface area contributed by atoms with Crippen LogP contribution in [0.4, 0.5) is 4.39 Å². The van der Waals surface area contributed by atoms with E-state index in [0.717, 1.165) is 28.8 Å². The first-order valence-electron chi connectivity index (χ1n) is 6.91. The molecule has 0 radical (unpaired) electrons. The van der Waals surface area contributed by atoms with Crippen LogP contribution in [0.3, 0.4) is 0 Å². The molecule has 4 nitrogen and oxygen atoms in total. The number of carbonyl (C=O) groups is 1.